The van der Waals surface area contributed by atoms with Crippen LogP contribution in [-0.4, -0.2) is 0 Å². The summed E-state index contributed by atoms with van der Waals surface area (Å²) in [5.41, 5.74) is 2.28. The third-order valence-electron chi connectivity index (χ3n) is 3.13. The van der Waals surface area contributed by atoms with E-state index in [-0.39, 0.29) is 11.2 Å². The van der Waals surface area contributed by atoms with Gasteiger partial charge in [0.2, 0.25) is 0 Å². The van der Waals surface area contributed by atoms with E-state index in [1.54, 1.807) is 6.07 Å². The Hall–Kier alpha value is -0.850. The van der Waals surface area contributed by atoms with Crippen LogP contribution in [0.1, 0.15) is 37.8 Å². The zero-order valence-corrected chi connectivity index (χ0v) is 8.23. The first-order valence-corrected chi connectivity index (χ1v) is 4.94. The highest BCUT2D eigenvalue weighted by Crippen LogP contribution is 2.47. The fraction of sp³-hybridized carbons (Fsp3) is 0.500. The second-order valence-corrected chi connectivity index (χ2v) is 4.22. The third kappa shape index (κ3) is 1.48. The van der Waals surface area contributed by atoms with Crippen molar-refractivity contribution in [3.8, 4) is 0 Å². The monoisotopic (exact) mass is 178 g/mol. The van der Waals surface area contributed by atoms with Crippen molar-refractivity contribution in [2.45, 2.75) is 38.5 Å². The highest BCUT2D eigenvalue weighted by Gasteiger charge is 2.39. The van der Waals surface area contributed by atoms with Gasteiger partial charge in [-0.15, -0.1) is 0 Å². The smallest absolute Gasteiger partial charge is 0.126 e. The van der Waals surface area contributed by atoms with Gasteiger partial charge in [0.1, 0.15) is 5.82 Å². The summed E-state index contributed by atoms with van der Waals surface area (Å²) in [7, 11) is 0. The Kier molecular flexibility index (Phi) is 1.90. The largest absolute Gasteiger partial charge is 0.207 e. The average Bonchev–Trinajstić information content (AvgIpc) is 2.85. The van der Waals surface area contributed by atoms with E-state index in [0.717, 1.165) is 12.0 Å². The maximum absolute atomic E-state index is 13.4. The van der Waals surface area contributed by atoms with Crippen molar-refractivity contribution in [1.82, 2.24) is 0 Å². The first-order chi connectivity index (χ1) is 6.15. The minimum absolute atomic E-state index is 0.0341. The van der Waals surface area contributed by atoms with Crippen LogP contribution >= 0.6 is 0 Å². The molecule has 1 saturated carbocycles. The molecule has 0 unspecified atom stereocenters. The molecule has 0 amide bonds. The van der Waals surface area contributed by atoms with Crippen LogP contribution in [0.15, 0.2) is 18.2 Å². The van der Waals surface area contributed by atoms with Crippen molar-refractivity contribution >= 4 is 0 Å². The van der Waals surface area contributed by atoms with Crippen LogP contribution in [0.3, 0.4) is 0 Å². The second-order valence-electron chi connectivity index (χ2n) is 4.22. The Balaban J connectivity index is 2.36. The van der Waals surface area contributed by atoms with Crippen LogP contribution in [0.25, 0.3) is 0 Å². The van der Waals surface area contributed by atoms with E-state index in [9.17, 15) is 4.39 Å². The minimum Gasteiger partial charge on any atom is -0.207 e. The molecule has 70 valence electrons. The van der Waals surface area contributed by atoms with E-state index < -0.39 is 0 Å². The van der Waals surface area contributed by atoms with Gasteiger partial charge >= 0.3 is 0 Å². The first-order valence-electron chi connectivity index (χ1n) is 4.94. The van der Waals surface area contributed by atoms with E-state index in [0.29, 0.717) is 0 Å². The molecule has 0 radical (unpaired) electrons. The topological polar surface area (TPSA) is 0 Å². The molecular weight excluding hydrogens is 163 g/mol. The van der Waals surface area contributed by atoms with Gasteiger partial charge in [0, 0.05) is 0 Å². The van der Waals surface area contributed by atoms with Crippen molar-refractivity contribution in [2.75, 3.05) is 0 Å². The molecule has 1 aromatic rings. The number of rotatable bonds is 2. The Morgan fingerprint density at radius 2 is 2.08 bits per heavy atom. The Morgan fingerprint density at radius 3 is 2.54 bits per heavy atom. The van der Waals surface area contributed by atoms with E-state index in [4.69, 9.17) is 0 Å². The van der Waals surface area contributed by atoms with Gasteiger partial charge in [-0.05, 0) is 41.9 Å². The summed E-state index contributed by atoms with van der Waals surface area (Å²) in [6.07, 6.45) is 3.19. The third-order valence-corrected chi connectivity index (χ3v) is 3.13. The Labute approximate surface area is 78.8 Å². The fourth-order valence-corrected chi connectivity index (χ4v) is 1.69. The molecule has 0 spiro atoms. The average molecular weight is 178 g/mol. The van der Waals surface area contributed by atoms with Gasteiger partial charge in [-0.25, -0.2) is 4.39 Å². The molecule has 1 aliphatic carbocycles. The summed E-state index contributed by atoms with van der Waals surface area (Å²) in [6.45, 7) is 4.18. The van der Waals surface area contributed by atoms with Crippen LogP contribution in [0.5, 0.6) is 0 Å². The molecule has 0 bridgehead atoms. The molecule has 1 aliphatic rings. The zero-order chi connectivity index (χ0) is 9.47. The van der Waals surface area contributed by atoms with E-state index in [1.165, 1.54) is 18.4 Å². The minimum atomic E-state index is -0.0341. The summed E-state index contributed by atoms with van der Waals surface area (Å²) < 4.78 is 13.4. The fourth-order valence-electron chi connectivity index (χ4n) is 1.69. The van der Waals surface area contributed by atoms with Crippen molar-refractivity contribution < 1.29 is 4.39 Å². The van der Waals surface area contributed by atoms with Crippen LogP contribution in [0.4, 0.5) is 4.39 Å². The lowest BCUT2D eigenvalue weighted by Crippen LogP contribution is -2.01. The molecular formula is C12H15F. The number of aryl methyl sites for hydroxylation is 1. The van der Waals surface area contributed by atoms with Crippen molar-refractivity contribution in [1.29, 1.82) is 0 Å². The Bertz CT molecular complexity index is 324. The molecule has 0 aliphatic heterocycles. The molecule has 1 heteroatoms. The molecule has 0 aromatic heterocycles. The molecule has 0 N–H and O–H groups in total. The molecule has 13 heavy (non-hydrogen) atoms. The van der Waals surface area contributed by atoms with E-state index in [2.05, 4.69) is 13.0 Å². The Morgan fingerprint density at radius 1 is 1.38 bits per heavy atom. The van der Waals surface area contributed by atoms with Crippen molar-refractivity contribution in [2.24, 2.45) is 0 Å². The molecule has 0 nitrogen and oxygen atoms in total. The van der Waals surface area contributed by atoms with Gasteiger partial charge in [0.25, 0.3) is 0 Å². The van der Waals surface area contributed by atoms with Gasteiger partial charge < -0.3 is 0 Å². The number of hydrogen-bond donors (Lipinski definition) is 0. The second kappa shape index (κ2) is 2.83. The van der Waals surface area contributed by atoms with Crippen LogP contribution in [0.2, 0.25) is 0 Å². The lowest BCUT2D eigenvalue weighted by atomic mass is 9.96. The van der Waals surface area contributed by atoms with Crippen LogP contribution in [-0.2, 0) is 11.8 Å². The quantitative estimate of drug-likeness (QED) is 0.650. The molecule has 0 atom stereocenters. The molecule has 0 heterocycles. The van der Waals surface area contributed by atoms with Gasteiger partial charge in [-0.2, -0.15) is 0 Å². The van der Waals surface area contributed by atoms with Gasteiger partial charge in [0.05, 0.1) is 0 Å². The van der Waals surface area contributed by atoms with Gasteiger partial charge in [-0.3, -0.25) is 0 Å². The lowest BCUT2D eigenvalue weighted by Gasteiger charge is -2.09. The SMILES string of the molecule is CCc1ccc(C2(C)CC2)cc1F. The first kappa shape index (κ1) is 8.74. The maximum atomic E-state index is 13.4. The van der Waals surface area contributed by atoms with Crippen molar-refractivity contribution in [3.63, 3.8) is 0 Å². The van der Waals surface area contributed by atoms with E-state index >= 15 is 0 Å². The van der Waals surface area contributed by atoms with Crippen LogP contribution < -0.4 is 0 Å². The maximum Gasteiger partial charge on any atom is 0.126 e. The molecule has 0 saturated heterocycles. The molecule has 1 fully saturated rings. The normalized spacial score (nSPS) is 18.7. The molecule has 1 aromatic carbocycles. The summed E-state index contributed by atoms with van der Waals surface area (Å²) >= 11 is 0. The van der Waals surface area contributed by atoms with Gasteiger partial charge in [0.15, 0.2) is 0 Å². The van der Waals surface area contributed by atoms with Gasteiger partial charge in [-0.1, -0.05) is 26.0 Å². The number of hydrogen-bond acceptors (Lipinski definition) is 0. The summed E-state index contributed by atoms with van der Waals surface area (Å²) in [6, 6.07) is 5.72. The zero-order valence-electron chi connectivity index (χ0n) is 8.23. The lowest BCUT2D eigenvalue weighted by molar-refractivity contribution is 0.605. The predicted octanol–water partition coefficient (Wildman–Crippen LogP) is 3.44. The van der Waals surface area contributed by atoms with Crippen LogP contribution in [0, 0.1) is 5.82 Å². The predicted molar refractivity (Wildman–Crippen MR) is 52.4 cm³/mol. The standard InChI is InChI=1S/C12H15F/c1-3-9-4-5-10(8-11(9)13)12(2)6-7-12/h4-5,8H,3,6-7H2,1-2H3. The molecule has 2 rings (SSSR count). The van der Waals surface area contributed by atoms with E-state index in [1.807, 2.05) is 13.0 Å². The summed E-state index contributed by atoms with van der Waals surface area (Å²) in [5, 5.41) is 0. The summed E-state index contributed by atoms with van der Waals surface area (Å²) in [5.74, 6) is -0.0341. The number of benzene rings is 1. The highest BCUT2D eigenvalue weighted by atomic mass is 19.1. The highest BCUT2D eigenvalue weighted by molar-refractivity contribution is 5.33. The van der Waals surface area contributed by atoms with Crippen molar-refractivity contribution in [3.05, 3.63) is 35.1 Å². The summed E-state index contributed by atoms with van der Waals surface area (Å²) in [4.78, 5) is 0. The number of halogens is 1.